The molecular weight excluding hydrogens is 476 g/mol. The Labute approximate surface area is 142 Å². The fourth-order valence-corrected chi connectivity index (χ4v) is 4.67. The summed E-state index contributed by atoms with van der Waals surface area (Å²) >= 11 is 9.87. The first-order chi connectivity index (χ1) is 9.31. The lowest BCUT2D eigenvalue weighted by atomic mass is 10.2. The van der Waals surface area contributed by atoms with Crippen LogP contribution in [-0.4, -0.2) is 13.4 Å². The van der Waals surface area contributed by atoms with E-state index in [9.17, 15) is 8.42 Å². The SMILES string of the molecule is Cc1cc(Br)c(S(=O)(=O)Nc2ncccc2Br)cc1Br. The number of halogens is 3. The van der Waals surface area contributed by atoms with Gasteiger partial charge in [0.1, 0.15) is 4.90 Å². The second-order valence-corrected chi connectivity index (χ2v) is 8.18. The normalized spacial score (nSPS) is 11.4. The highest BCUT2D eigenvalue weighted by atomic mass is 79.9. The van der Waals surface area contributed by atoms with Gasteiger partial charge in [0, 0.05) is 15.1 Å². The molecule has 8 heteroatoms. The van der Waals surface area contributed by atoms with Crippen LogP contribution in [0.4, 0.5) is 5.82 Å². The molecule has 1 N–H and O–H groups in total. The van der Waals surface area contributed by atoms with Crippen molar-refractivity contribution in [1.29, 1.82) is 0 Å². The first-order valence-corrected chi connectivity index (χ1v) is 9.26. The van der Waals surface area contributed by atoms with Crippen molar-refractivity contribution in [2.75, 3.05) is 4.72 Å². The molecule has 0 saturated carbocycles. The summed E-state index contributed by atoms with van der Waals surface area (Å²) in [5.41, 5.74) is 0.940. The number of benzene rings is 1. The summed E-state index contributed by atoms with van der Waals surface area (Å²) in [6, 6.07) is 6.72. The van der Waals surface area contributed by atoms with Crippen molar-refractivity contribution < 1.29 is 8.42 Å². The number of rotatable bonds is 3. The minimum atomic E-state index is -3.73. The lowest BCUT2D eigenvalue weighted by Gasteiger charge is -2.11. The van der Waals surface area contributed by atoms with Crippen molar-refractivity contribution in [3.63, 3.8) is 0 Å². The standard InChI is InChI=1S/C12H9Br3N2O2S/c1-7-5-10(15)11(6-9(7)14)20(18,19)17-12-8(13)3-2-4-16-12/h2-6H,1H3,(H,16,17). The smallest absolute Gasteiger partial charge is 0.262 e. The summed E-state index contributed by atoms with van der Waals surface area (Å²) in [5.74, 6) is 0.246. The second kappa shape index (κ2) is 6.13. The highest BCUT2D eigenvalue weighted by Gasteiger charge is 2.20. The molecule has 1 aromatic heterocycles. The minimum Gasteiger partial charge on any atom is -0.262 e. The van der Waals surface area contributed by atoms with Crippen LogP contribution in [0.5, 0.6) is 0 Å². The molecule has 0 unspecified atom stereocenters. The van der Waals surface area contributed by atoms with Crippen LogP contribution >= 0.6 is 47.8 Å². The molecule has 106 valence electrons. The lowest BCUT2D eigenvalue weighted by Crippen LogP contribution is -2.15. The zero-order valence-electron chi connectivity index (χ0n) is 10.2. The maximum absolute atomic E-state index is 12.4. The van der Waals surface area contributed by atoms with E-state index in [2.05, 4.69) is 57.5 Å². The third-order valence-corrected chi connectivity index (χ3v) is 6.28. The number of anilines is 1. The molecule has 0 saturated heterocycles. The first kappa shape index (κ1) is 15.9. The van der Waals surface area contributed by atoms with Crippen LogP contribution in [0.3, 0.4) is 0 Å². The van der Waals surface area contributed by atoms with Gasteiger partial charge in [-0.1, -0.05) is 15.9 Å². The molecule has 4 nitrogen and oxygen atoms in total. The zero-order valence-corrected chi connectivity index (χ0v) is 15.8. The average Bonchev–Trinajstić information content (AvgIpc) is 2.36. The summed E-state index contributed by atoms with van der Waals surface area (Å²) in [6.07, 6.45) is 1.52. The van der Waals surface area contributed by atoms with Crippen molar-refractivity contribution in [3.8, 4) is 0 Å². The number of nitrogens with zero attached hydrogens (tertiary/aromatic N) is 1. The molecule has 20 heavy (non-hydrogen) atoms. The van der Waals surface area contributed by atoms with Gasteiger partial charge < -0.3 is 0 Å². The minimum absolute atomic E-state index is 0.146. The summed E-state index contributed by atoms with van der Waals surface area (Å²) in [5, 5.41) is 0. The van der Waals surface area contributed by atoms with E-state index in [1.54, 1.807) is 24.3 Å². The average molecular weight is 485 g/mol. The van der Waals surface area contributed by atoms with Crippen molar-refractivity contribution in [1.82, 2.24) is 4.98 Å². The third-order valence-electron chi connectivity index (χ3n) is 2.49. The number of nitrogens with one attached hydrogen (secondary N) is 1. The van der Waals surface area contributed by atoms with Crippen LogP contribution in [0.25, 0.3) is 0 Å². The molecule has 0 fully saturated rings. The topological polar surface area (TPSA) is 59.1 Å². The van der Waals surface area contributed by atoms with Gasteiger partial charge in [-0.05, 0) is 68.6 Å². The van der Waals surface area contributed by atoms with E-state index in [-0.39, 0.29) is 10.7 Å². The third kappa shape index (κ3) is 3.41. The molecule has 0 radical (unpaired) electrons. The Morgan fingerprint density at radius 3 is 2.45 bits per heavy atom. The maximum Gasteiger partial charge on any atom is 0.264 e. The van der Waals surface area contributed by atoms with Gasteiger partial charge in [0.25, 0.3) is 10.0 Å². The van der Waals surface area contributed by atoms with Crippen LogP contribution in [-0.2, 0) is 10.0 Å². The molecular formula is C12H9Br3N2O2S. The van der Waals surface area contributed by atoms with Crippen LogP contribution in [0.2, 0.25) is 0 Å². The van der Waals surface area contributed by atoms with E-state index in [1.807, 2.05) is 6.92 Å². The Morgan fingerprint density at radius 1 is 1.10 bits per heavy atom. The van der Waals surface area contributed by atoms with Crippen LogP contribution in [0.1, 0.15) is 5.56 Å². The maximum atomic E-state index is 12.4. The van der Waals surface area contributed by atoms with Crippen LogP contribution in [0.15, 0.2) is 48.8 Å². The molecule has 1 aromatic carbocycles. The lowest BCUT2D eigenvalue weighted by molar-refractivity contribution is 0.600. The van der Waals surface area contributed by atoms with Crippen LogP contribution < -0.4 is 4.72 Å². The van der Waals surface area contributed by atoms with Gasteiger partial charge in [-0.15, -0.1) is 0 Å². The predicted molar refractivity (Wildman–Crippen MR) is 89.3 cm³/mol. The van der Waals surface area contributed by atoms with Crippen LogP contribution in [0, 0.1) is 6.92 Å². The molecule has 0 bridgehead atoms. The van der Waals surface area contributed by atoms with E-state index in [4.69, 9.17) is 0 Å². The van der Waals surface area contributed by atoms with Gasteiger partial charge in [-0.2, -0.15) is 0 Å². The summed E-state index contributed by atoms with van der Waals surface area (Å²) in [6.45, 7) is 1.88. The molecule has 0 atom stereocenters. The van der Waals surface area contributed by atoms with Crippen molar-refractivity contribution in [2.24, 2.45) is 0 Å². The van der Waals surface area contributed by atoms with E-state index in [0.29, 0.717) is 8.95 Å². The number of hydrogen-bond acceptors (Lipinski definition) is 3. The van der Waals surface area contributed by atoms with E-state index < -0.39 is 10.0 Å². The van der Waals surface area contributed by atoms with Gasteiger partial charge in [-0.3, -0.25) is 4.72 Å². The molecule has 1 heterocycles. The number of aromatic nitrogens is 1. The quantitative estimate of drug-likeness (QED) is 0.699. The Hall–Kier alpha value is -0.440. The highest BCUT2D eigenvalue weighted by Crippen LogP contribution is 2.30. The molecule has 0 amide bonds. The Balaban J connectivity index is 2.47. The van der Waals surface area contributed by atoms with E-state index >= 15 is 0 Å². The summed E-state index contributed by atoms with van der Waals surface area (Å²) in [7, 11) is -3.73. The van der Waals surface area contributed by atoms with Gasteiger partial charge >= 0.3 is 0 Å². The number of hydrogen-bond donors (Lipinski definition) is 1. The fourth-order valence-electron chi connectivity index (χ4n) is 1.48. The first-order valence-electron chi connectivity index (χ1n) is 5.40. The Kier molecular flexibility index (Phi) is 4.88. The zero-order chi connectivity index (χ0) is 14.9. The summed E-state index contributed by atoms with van der Waals surface area (Å²) in [4.78, 5) is 4.14. The number of sulfonamides is 1. The number of pyridine rings is 1. The molecule has 0 aliphatic heterocycles. The molecule has 0 aliphatic carbocycles. The Bertz CT molecular complexity index is 763. The molecule has 2 rings (SSSR count). The monoisotopic (exact) mass is 482 g/mol. The summed E-state index contributed by atoms with van der Waals surface area (Å²) < 4.78 is 29.1. The predicted octanol–water partition coefficient (Wildman–Crippen LogP) is 4.48. The second-order valence-electron chi connectivity index (χ2n) is 3.97. The van der Waals surface area contributed by atoms with Crippen molar-refractivity contribution in [3.05, 3.63) is 49.4 Å². The molecule has 0 aliphatic rings. The Morgan fingerprint density at radius 2 is 1.80 bits per heavy atom. The van der Waals surface area contributed by atoms with Crippen molar-refractivity contribution in [2.45, 2.75) is 11.8 Å². The van der Waals surface area contributed by atoms with Crippen molar-refractivity contribution >= 4 is 63.6 Å². The molecule has 0 spiro atoms. The fraction of sp³-hybridized carbons (Fsp3) is 0.0833. The highest BCUT2D eigenvalue weighted by molar-refractivity contribution is 9.11. The number of aryl methyl sites for hydroxylation is 1. The molecule has 2 aromatic rings. The van der Waals surface area contributed by atoms with Gasteiger partial charge in [0.05, 0.1) is 4.47 Å². The largest absolute Gasteiger partial charge is 0.264 e. The van der Waals surface area contributed by atoms with Gasteiger partial charge in [0.2, 0.25) is 0 Å². The van der Waals surface area contributed by atoms with Gasteiger partial charge in [0.15, 0.2) is 5.82 Å². The van der Waals surface area contributed by atoms with E-state index in [1.165, 1.54) is 6.20 Å². The van der Waals surface area contributed by atoms with Gasteiger partial charge in [-0.25, -0.2) is 13.4 Å². The van der Waals surface area contributed by atoms with E-state index in [0.717, 1.165) is 10.0 Å².